The van der Waals surface area contributed by atoms with Crippen LogP contribution in [0.1, 0.15) is 13.8 Å². The van der Waals surface area contributed by atoms with E-state index in [0.29, 0.717) is 17.1 Å². The van der Waals surface area contributed by atoms with E-state index in [9.17, 15) is 14.4 Å². The molecular weight excluding hydrogens is 358 g/mol. The fraction of sp³-hybridized carbons (Fsp3) is 0.200. The van der Waals surface area contributed by atoms with E-state index in [1.807, 2.05) is 6.07 Å². The Morgan fingerprint density at radius 2 is 1.75 bits per heavy atom. The van der Waals surface area contributed by atoms with Crippen LogP contribution in [0.25, 0.3) is 0 Å². The zero-order valence-electron chi connectivity index (χ0n) is 15.8. The minimum atomic E-state index is -0.686. The van der Waals surface area contributed by atoms with Gasteiger partial charge < -0.3 is 10.2 Å². The topological polar surface area (TPSA) is 94.1 Å². The number of amides is 3. The number of benzene rings is 2. The molecule has 0 spiro atoms. The molecule has 2 aromatic carbocycles. The molecule has 8 nitrogen and oxygen atoms in total. The van der Waals surface area contributed by atoms with Gasteiger partial charge in [-0.3, -0.25) is 19.8 Å². The minimum absolute atomic E-state index is 0.0425. The van der Waals surface area contributed by atoms with Crippen LogP contribution in [-0.4, -0.2) is 36.6 Å². The molecule has 0 aliphatic carbocycles. The number of amidine groups is 1. The summed E-state index contributed by atoms with van der Waals surface area (Å²) in [6.45, 7) is 3.11. The molecule has 0 saturated carbocycles. The predicted molar refractivity (Wildman–Crippen MR) is 108 cm³/mol. The lowest BCUT2D eigenvalue weighted by Gasteiger charge is -2.30. The highest BCUT2D eigenvalue weighted by molar-refractivity contribution is 6.43. The highest BCUT2D eigenvalue weighted by Gasteiger charge is 2.30. The first-order valence-electron chi connectivity index (χ1n) is 8.76. The highest BCUT2D eigenvalue weighted by Crippen LogP contribution is 2.18. The number of hydrogen-bond acceptors (Lipinski definition) is 5. The maximum absolute atomic E-state index is 12.6. The van der Waals surface area contributed by atoms with Gasteiger partial charge in [-0.2, -0.15) is 0 Å². The number of nitrogens with one attached hydrogen (secondary N) is 2. The third kappa shape index (κ3) is 4.01. The molecule has 0 aromatic heterocycles. The maximum atomic E-state index is 12.6. The van der Waals surface area contributed by atoms with E-state index in [0.717, 1.165) is 0 Å². The van der Waals surface area contributed by atoms with Crippen molar-refractivity contribution in [3.05, 3.63) is 54.6 Å². The molecule has 1 atom stereocenters. The van der Waals surface area contributed by atoms with Gasteiger partial charge in [0, 0.05) is 25.3 Å². The number of carbonyl (C=O) groups excluding carboxylic acids is 3. The van der Waals surface area contributed by atoms with Crippen LogP contribution >= 0.6 is 0 Å². The summed E-state index contributed by atoms with van der Waals surface area (Å²) in [6.07, 6.45) is 0. The zero-order chi connectivity index (χ0) is 20.3. The molecule has 28 heavy (non-hydrogen) atoms. The van der Waals surface area contributed by atoms with E-state index in [1.165, 1.54) is 16.8 Å². The van der Waals surface area contributed by atoms with Gasteiger partial charge in [0.1, 0.15) is 6.04 Å². The first kappa shape index (κ1) is 19.1. The molecule has 144 valence electrons. The van der Waals surface area contributed by atoms with Crippen LogP contribution in [0.3, 0.4) is 0 Å². The van der Waals surface area contributed by atoms with Crippen LogP contribution < -0.4 is 20.7 Å². The molecule has 0 radical (unpaired) electrons. The largest absolute Gasteiger partial charge is 0.319 e. The Hall–Kier alpha value is -3.68. The zero-order valence-corrected chi connectivity index (χ0v) is 15.8. The van der Waals surface area contributed by atoms with Gasteiger partial charge in [0.2, 0.25) is 11.7 Å². The molecule has 1 aliphatic heterocycles. The van der Waals surface area contributed by atoms with E-state index in [-0.39, 0.29) is 17.6 Å². The molecule has 3 amide bonds. The van der Waals surface area contributed by atoms with Crippen molar-refractivity contribution in [3.63, 3.8) is 0 Å². The summed E-state index contributed by atoms with van der Waals surface area (Å²) in [6, 6.07) is 15.2. The molecule has 0 saturated heterocycles. The van der Waals surface area contributed by atoms with Gasteiger partial charge in [-0.05, 0) is 43.3 Å². The van der Waals surface area contributed by atoms with Crippen molar-refractivity contribution in [2.24, 2.45) is 4.99 Å². The van der Waals surface area contributed by atoms with Crippen molar-refractivity contribution < 1.29 is 14.4 Å². The summed E-state index contributed by atoms with van der Waals surface area (Å²) >= 11 is 0. The van der Waals surface area contributed by atoms with E-state index in [4.69, 9.17) is 0 Å². The average Bonchev–Trinajstić information content (AvgIpc) is 2.70. The summed E-state index contributed by atoms with van der Waals surface area (Å²) in [4.78, 5) is 42.1. The summed E-state index contributed by atoms with van der Waals surface area (Å²) in [7, 11) is 1.67. The minimum Gasteiger partial charge on any atom is -0.319 e. The third-order valence-corrected chi connectivity index (χ3v) is 4.33. The van der Waals surface area contributed by atoms with Gasteiger partial charge in [0.05, 0.1) is 5.69 Å². The van der Waals surface area contributed by atoms with Gasteiger partial charge >= 0.3 is 0 Å². The normalized spacial score (nSPS) is 16.1. The van der Waals surface area contributed by atoms with Crippen molar-refractivity contribution in [1.29, 1.82) is 0 Å². The highest BCUT2D eigenvalue weighted by atomic mass is 16.2. The van der Waals surface area contributed by atoms with Crippen molar-refractivity contribution in [2.75, 3.05) is 22.3 Å². The first-order chi connectivity index (χ1) is 13.4. The first-order valence-corrected chi connectivity index (χ1v) is 8.76. The molecule has 1 aliphatic rings. The number of hydrazine groups is 1. The van der Waals surface area contributed by atoms with Gasteiger partial charge in [-0.25, -0.2) is 10.0 Å². The lowest BCUT2D eigenvalue weighted by molar-refractivity contribution is -0.120. The number of aliphatic imine (C=N–C) groups is 1. The Kier molecular flexibility index (Phi) is 5.39. The van der Waals surface area contributed by atoms with Crippen molar-refractivity contribution in [2.45, 2.75) is 19.9 Å². The van der Waals surface area contributed by atoms with Gasteiger partial charge in [0.15, 0.2) is 0 Å². The van der Waals surface area contributed by atoms with Crippen molar-refractivity contribution in [1.82, 2.24) is 5.43 Å². The molecule has 0 bridgehead atoms. The average molecular weight is 379 g/mol. The smallest absolute Gasteiger partial charge is 0.292 e. The molecule has 1 unspecified atom stereocenters. The number of nitrogens with zero attached hydrogens (tertiary/aromatic N) is 3. The van der Waals surface area contributed by atoms with Crippen LogP contribution in [0.5, 0.6) is 0 Å². The molecule has 2 N–H and O–H groups in total. The number of anilines is 3. The van der Waals surface area contributed by atoms with Crippen LogP contribution in [0.4, 0.5) is 17.1 Å². The second-order valence-corrected chi connectivity index (χ2v) is 6.35. The summed E-state index contributed by atoms with van der Waals surface area (Å²) in [5.41, 5.74) is 4.67. The number of hydrogen-bond donors (Lipinski definition) is 2. The predicted octanol–water partition coefficient (Wildman–Crippen LogP) is 1.95. The SMILES string of the molecule is CC(=O)N(C)c1ccc(NC(=O)C2=NC(C)C(=O)N(c3ccccc3)N2)cc1. The lowest BCUT2D eigenvalue weighted by atomic mass is 10.2. The molecular formula is C20H21N5O3. The van der Waals surface area contributed by atoms with Crippen LogP contribution in [0.15, 0.2) is 59.6 Å². The van der Waals surface area contributed by atoms with Gasteiger partial charge in [-0.15, -0.1) is 0 Å². The van der Waals surface area contributed by atoms with Crippen LogP contribution in [-0.2, 0) is 14.4 Å². The van der Waals surface area contributed by atoms with Crippen molar-refractivity contribution >= 4 is 40.6 Å². The summed E-state index contributed by atoms with van der Waals surface area (Å²) in [5, 5.41) is 4.06. The van der Waals surface area contributed by atoms with E-state index >= 15 is 0 Å². The molecule has 3 rings (SSSR count). The van der Waals surface area contributed by atoms with E-state index in [1.54, 1.807) is 62.5 Å². The molecule has 1 heterocycles. The van der Waals surface area contributed by atoms with Crippen LogP contribution in [0.2, 0.25) is 0 Å². The third-order valence-electron chi connectivity index (χ3n) is 4.33. The number of rotatable bonds is 4. The molecule has 0 fully saturated rings. The fourth-order valence-corrected chi connectivity index (χ4v) is 2.64. The Bertz CT molecular complexity index is 925. The number of carbonyl (C=O) groups is 3. The Labute approximate surface area is 162 Å². The van der Waals surface area contributed by atoms with E-state index < -0.39 is 11.9 Å². The fourth-order valence-electron chi connectivity index (χ4n) is 2.64. The van der Waals surface area contributed by atoms with Crippen molar-refractivity contribution in [3.8, 4) is 0 Å². The van der Waals surface area contributed by atoms with E-state index in [2.05, 4.69) is 15.7 Å². The standard InChI is InChI=1S/C20H21N5O3/c1-13-20(28)25(17-7-5-4-6-8-17)23-18(21-13)19(27)22-15-9-11-16(12-10-15)24(3)14(2)26/h4-13H,1-3H3,(H,21,23)(H,22,27). The van der Waals surface area contributed by atoms with Gasteiger partial charge in [0.25, 0.3) is 11.8 Å². The second-order valence-electron chi connectivity index (χ2n) is 6.35. The second kappa shape index (κ2) is 7.91. The van der Waals surface area contributed by atoms with Gasteiger partial charge in [-0.1, -0.05) is 18.2 Å². The molecule has 2 aromatic rings. The summed E-state index contributed by atoms with van der Waals surface area (Å²) < 4.78 is 0. The van der Waals surface area contributed by atoms with Crippen LogP contribution in [0, 0.1) is 0 Å². The molecule has 8 heteroatoms. The Morgan fingerprint density at radius 3 is 2.36 bits per heavy atom. The quantitative estimate of drug-likeness (QED) is 0.849. The summed E-state index contributed by atoms with van der Waals surface area (Å²) in [5.74, 6) is -0.759. The Morgan fingerprint density at radius 1 is 1.11 bits per heavy atom. The number of para-hydroxylation sites is 1. The lowest BCUT2D eigenvalue weighted by Crippen LogP contribution is -2.57. The Balaban J connectivity index is 1.74. The monoisotopic (exact) mass is 379 g/mol. The maximum Gasteiger partial charge on any atom is 0.292 e.